The summed E-state index contributed by atoms with van der Waals surface area (Å²) in [6.07, 6.45) is 5.09. The van der Waals surface area contributed by atoms with Gasteiger partial charge in [0.2, 0.25) is 0 Å². The van der Waals surface area contributed by atoms with Crippen LogP contribution in [0.5, 0.6) is 0 Å². The summed E-state index contributed by atoms with van der Waals surface area (Å²) < 4.78 is 10.9. The Morgan fingerprint density at radius 3 is 2.53 bits per heavy atom. The highest BCUT2D eigenvalue weighted by Gasteiger charge is 2.35. The molecule has 5 heteroatoms. The van der Waals surface area contributed by atoms with Crippen molar-refractivity contribution in [3.05, 3.63) is 70.8 Å². The van der Waals surface area contributed by atoms with Gasteiger partial charge in [-0.05, 0) is 36.1 Å². The van der Waals surface area contributed by atoms with Gasteiger partial charge in [0.15, 0.2) is 0 Å². The number of fused-ring (bicyclic) bond motifs is 2. The van der Waals surface area contributed by atoms with Crippen LogP contribution in [-0.4, -0.2) is 62.9 Å². The number of nitrogens with one attached hydrogen (secondary N) is 1. The second kappa shape index (κ2) is 10.2. The van der Waals surface area contributed by atoms with E-state index in [1.165, 1.54) is 37.8 Å². The number of hydrogen-bond donors (Lipinski definition) is 1. The predicted octanol–water partition coefficient (Wildman–Crippen LogP) is 2.14. The molecule has 0 radical (unpaired) electrons. The zero-order valence-electron chi connectivity index (χ0n) is 18.9. The summed E-state index contributed by atoms with van der Waals surface area (Å²) in [5, 5.41) is 0. The maximum atomic E-state index is 12.4. The fourth-order valence-corrected chi connectivity index (χ4v) is 5.65. The first-order valence-corrected chi connectivity index (χ1v) is 12.2. The third-order valence-electron chi connectivity index (χ3n) is 7.51. The lowest BCUT2D eigenvalue weighted by Gasteiger charge is -2.39. The first kappa shape index (κ1) is 21.6. The van der Waals surface area contributed by atoms with Gasteiger partial charge in [-0.2, -0.15) is 0 Å². The van der Waals surface area contributed by atoms with E-state index in [1.54, 1.807) is 16.0 Å². The third-order valence-corrected chi connectivity index (χ3v) is 7.51. The highest BCUT2D eigenvalue weighted by molar-refractivity contribution is 5.89. The molecule has 170 valence electrons. The van der Waals surface area contributed by atoms with Crippen LogP contribution < -0.4 is 4.90 Å². The zero-order valence-corrected chi connectivity index (χ0v) is 18.9. The Labute approximate surface area is 191 Å². The van der Waals surface area contributed by atoms with E-state index in [2.05, 4.69) is 41.3 Å². The summed E-state index contributed by atoms with van der Waals surface area (Å²) in [6.45, 7) is 6.86. The molecular formula is C27H35N2O3+. The summed E-state index contributed by atoms with van der Waals surface area (Å²) in [6, 6.07) is 17.8. The molecule has 2 aromatic carbocycles. The van der Waals surface area contributed by atoms with Crippen molar-refractivity contribution < 1.29 is 19.2 Å². The van der Waals surface area contributed by atoms with Gasteiger partial charge in [0.1, 0.15) is 13.2 Å². The normalized spacial score (nSPS) is 25.6. The molecule has 5 nitrogen and oxygen atoms in total. The Morgan fingerprint density at radius 1 is 1.00 bits per heavy atom. The van der Waals surface area contributed by atoms with Crippen molar-refractivity contribution in [2.24, 2.45) is 5.92 Å². The highest BCUT2D eigenvalue weighted by Crippen LogP contribution is 2.25. The van der Waals surface area contributed by atoms with E-state index in [1.807, 2.05) is 12.1 Å². The fourth-order valence-electron chi connectivity index (χ4n) is 5.65. The van der Waals surface area contributed by atoms with Crippen molar-refractivity contribution in [3.8, 4) is 0 Å². The van der Waals surface area contributed by atoms with Crippen LogP contribution in [0.2, 0.25) is 0 Å². The zero-order chi connectivity index (χ0) is 21.8. The predicted molar refractivity (Wildman–Crippen MR) is 124 cm³/mol. The summed E-state index contributed by atoms with van der Waals surface area (Å²) in [5.41, 5.74) is 5.07. The molecule has 4 aliphatic rings. The molecule has 1 aliphatic carbocycles. The summed E-state index contributed by atoms with van der Waals surface area (Å²) in [4.78, 5) is 16.4. The molecular weight excluding hydrogens is 400 g/mol. The quantitative estimate of drug-likeness (QED) is 0.706. The number of ether oxygens (including phenoxy) is 2. The largest absolute Gasteiger partial charge is 0.461 e. The van der Waals surface area contributed by atoms with E-state index >= 15 is 0 Å². The molecule has 3 aliphatic heterocycles. The van der Waals surface area contributed by atoms with Gasteiger partial charge in [-0.25, -0.2) is 4.79 Å². The molecule has 2 saturated heterocycles. The van der Waals surface area contributed by atoms with Crippen molar-refractivity contribution in [1.29, 1.82) is 0 Å². The molecule has 0 saturated carbocycles. The van der Waals surface area contributed by atoms with Crippen LogP contribution in [0.15, 0.2) is 48.5 Å². The summed E-state index contributed by atoms with van der Waals surface area (Å²) in [7, 11) is 0. The Kier molecular flexibility index (Phi) is 6.86. The number of carbonyl (C=O) groups excluding carboxylic acids is 1. The Balaban J connectivity index is 1.15. The van der Waals surface area contributed by atoms with Crippen molar-refractivity contribution in [1.82, 2.24) is 4.90 Å². The number of quaternary nitrogens is 1. The van der Waals surface area contributed by atoms with E-state index < -0.39 is 0 Å². The monoisotopic (exact) mass is 435 g/mol. The number of carbonyl (C=O) groups is 1. The van der Waals surface area contributed by atoms with Crippen molar-refractivity contribution >= 4 is 5.97 Å². The van der Waals surface area contributed by atoms with E-state index in [-0.39, 0.29) is 5.97 Å². The maximum Gasteiger partial charge on any atom is 0.338 e. The molecule has 0 spiro atoms. The lowest BCUT2D eigenvalue weighted by Crippen LogP contribution is -3.16. The third kappa shape index (κ3) is 5.22. The summed E-state index contributed by atoms with van der Waals surface area (Å²) >= 11 is 0. The molecule has 2 bridgehead atoms. The number of esters is 1. The number of hydrogen-bond acceptors (Lipinski definition) is 4. The number of piperidine rings is 1. The molecule has 6 rings (SSSR count). The van der Waals surface area contributed by atoms with Crippen LogP contribution in [0.4, 0.5) is 0 Å². The Morgan fingerprint density at radius 2 is 1.75 bits per heavy atom. The first-order valence-electron chi connectivity index (χ1n) is 12.2. The minimum Gasteiger partial charge on any atom is -0.461 e. The highest BCUT2D eigenvalue weighted by atomic mass is 16.5. The summed E-state index contributed by atoms with van der Waals surface area (Å²) in [5.74, 6) is 0.558. The minimum atomic E-state index is -0.223. The maximum absolute atomic E-state index is 12.4. The smallest absolute Gasteiger partial charge is 0.338 e. The number of nitrogens with zero attached hydrogens (tertiary/aromatic N) is 1. The fraction of sp³-hybridized carbons (Fsp3) is 0.519. The molecule has 0 amide bonds. The van der Waals surface area contributed by atoms with Gasteiger partial charge in [-0.15, -0.1) is 0 Å². The van der Waals surface area contributed by atoms with Gasteiger partial charge < -0.3 is 14.4 Å². The second-order valence-electron chi connectivity index (χ2n) is 9.64. The van der Waals surface area contributed by atoms with E-state index in [0.717, 1.165) is 45.3 Å². The topological polar surface area (TPSA) is 43.2 Å². The molecule has 3 unspecified atom stereocenters. The lowest BCUT2D eigenvalue weighted by molar-refractivity contribution is -0.947. The van der Waals surface area contributed by atoms with Crippen LogP contribution in [0.3, 0.4) is 0 Å². The molecule has 3 atom stereocenters. The first-order chi connectivity index (χ1) is 15.7. The standard InChI is InChI=1S/C27H34N2O3/c30-27(32-16-13-28-11-14-31-15-12-28)23-8-5-21(6-9-23)19-29-20-22-7-10-26(29)18-25-4-2-1-3-24(25)17-22/h1-6,8-9,22,26H,7,10-20H2/p+1. The second-order valence-corrected chi connectivity index (χ2v) is 9.64. The molecule has 2 fully saturated rings. The SMILES string of the molecule is O=C(OCCN1CCOCC1)c1ccc(C[NH+]2CC3CCC2Cc2ccccc2C3)cc1. The lowest BCUT2D eigenvalue weighted by atomic mass is 9.80. The van der Waals surface area contributed by atoms with Crippen molar-refractivity contribution in [2.75, 3.05) is 46.0 Å². The average molecular weight is 436 g/mol. The van der Waals surface area contributed by atoms with Gasteiger partial charge in [0.25, 0.3) is 0 Å². The molecule has 1 N–H and O–H groups in total. The molecule has 32 heavy (non-hydrogen) atoms. The van der Waals surface area contributed by atoms with Crippen LogP contribution in [0.25, 0.3) is 0 Å². The Hall–Kier alpha value is -2.21. The van der Waals surface area contributed by atoms with Crippen LogP contribution in [0, 0.1) is 5.92 Å². The van der Waals surface area contributed by atoms with E-state index in [9.17, 15) is 4.79 Å². The van der Waals surface area contributed by atoms with Crippen LogP contribution in [0.1, 0.15) is 39.9 Å². The average Bonchev–Trinajstić information content (AvgIpc) is 2.81. The van der Waals surface area contributed by atoms with Gasteiger partial charge >= 0.3 is 5.97 Å². The number of rotatable bonds is 6. The number of morpholine rings is 1. The van der Waals surface area contributed by atoms with Gasteiger partial charge in [0, 0.05) is 44.0 Å². The molecule has 2 aromatic rings. The van der Waals surface area contributed by atoms with E-state index in [0.29, 0.717) is 18.2 Å². The molecule has 3 heterocycles. The van der Waals surface area contributed by atoms with Crippen molar-refractivity contribution in [2.45, 2.75) is 38.3 Å². The van der Waals surface area contributed by atoms with Crippen molar-refractivity contribution in [3.63, 3.8) is 0 Å². The number of benzene rings is 2. The minimum absolute atomic E-state index is 0.223. The molecule has 0 aromatic heterocycles. The van der Waals surface area contributed by atoms with Gasteiger partial charge in [-0.1, -0.05) is 36.4 Å². The van der Waals surface area contributed by atoms with Crippen LogP contribution in [-0.2, 0) is 28.9 Å². The van der Waals surface area contributed by atoms with Gasteiger partial charge in [0.05, 0.1) is 31.4 Å². The van der Waals surface area contributed by atoms with Crippen LogP contribution >= 0.6 is 0 Å². The van der Waals surface area contributed by atoms with Gasteiger partial charge in [-0.3, -0.25) is 4.90 Å². The Bertz CT molecular complexity index is 907. The van der Waals surface area contributed by atoms with E-state index in [4.69, 9.17) is 9.47 Å².